The molecule has 1 rings (SSSR count). The lowest BCUT2D eigenvalue weighted by atomic mass is 10.3. The Labute approximate surface area is 80.3 Å². The van der Waals surface area contributed by atoms with E-state index in [2.05, 4.69) is 17.3 Å². The molecule has 0 bridgehead atoms. The lowest BCUT2D eigenvalue weighted by Gasteiger charge is -1.93. The van der Waals surface area contributed by atoms with E-state index in [1.165, 1.54) is 19.3 Å². The van der Waals surface area contributed by atoms with E-state index in [0.29, 0.717) is 0 Å². The molecule has 0 saturated carbocycles. The van der Waals surface area contributed by atoms with Gasteiger partial charge in [-0.05, 0) is 18.6 Å². The average molecular weight is 181 g/mol. The quantitative estimate of drug-likeness (QED) is 0.422. The number of nitrogens with two attached hydrogens (primary N) is 1. The molecule has 0 aliphatic rings. The van der Waals surface area contributed by atoms with Crippen LogP contribution in [0, 0.1) is 0 Å². The van der Waals surface area contributed by atoms with Crippen molar-refractivity contribution < 1.29 is 0 Å². The number of aromatic nitrogens is 1. The van der Waals surface area contributed by atoms with Crippen LogP contribution < -0.4 is 11.3 Å². The number of pyridine rings is 1. The lowest BCUT2D eigenvalue weighted by molar-refractivity contribution is 0.637. The molecule has 3 N–H and O–H groups in total. The van der Waals surface area contributed by atoms with Gasteiger partial charge in [0.1, 0.15) is 0 Å². The third-order valence-corrected chi connectivity index (χ3v) is 1.49. The second kappa shape index (κ2) is 11.1. The zero-order chi connectivity index (χ0) is 9.78. The maximum Gasteiger partial charge on any atom is 0.0267 e. The Morgan fingerprint density at radius 1 is 1.15 bits per heavy atom. The van der Waals surface area contributed by atoms with Gasteiger partial charge < -0.3 is 0 Å². The summed E-state index contributed by atoms with van der Waals surface area (Å²) < 4.78 is 0. The van der Waals surface area contributed by atoms with Crippen molar-refractivity contribution in [3.63, 3.8) is 0 Å². The Hall–Kier alpha value is -0.930. The Bertz CT molecular complexity index is 134. The van der Waals surface area contributed by atoms with Gasteiger partial charge in [0, 0.05) is 18.9 Å². The van der Waals surface area contributed by atoms with E-state index in [-0.39, 0.29) is 0 Å². The van der Waals surface area contributed by atoms with Crippen molar-refractivity contribution in [3.8, 4) is 0 Å². The number of unbranched alkanes of at least 4 members (excludes halogenated alkanes) is 2. The molecule has 0 aliphatic heterocycles. The zero-order valence-electron chi connectivity index (χ0n) is 8.24. The predicted octanol–water partition coefficient (Wildman–Crippen LogP) is 1.72. The largest absolute Gasteiger partial charge is 0.271 e. The fourth-order valence-electron chi connectivity index (χ4n) is 0.790. The van der Waals surface area contributed by atoms with E-state index in [1.807, 2.05) is 18.2 Å². The van der Waals surface area contributed by atoms with Gasteiger partial charge in [0.25, 0.3) is 0 Å². The second-order valence-corrected chi connectivity index (χ2v) is 2.69. The van der Waals surface area contributed by atoms with Crippen molar-refractivity contribution in [1.29, 1.82) is 0 Å². The minimum Gasteiger partial charge on any atom is -0.271 e. The summed E-state index contributed by atoms with van der Waals surface area (Å²) in [6.07, 6.45) is 7.25. The first-order chi connectivity index (χ1) is 6.41. The summed E-state index contributed by atoms with van der Waals surface area (Å²) in [6.45, 7) is 3.13. The van der Waals surface area contributed by atoms with Gasteiger partial charge in [0.05, 0.1) is 0 Å². The minimum atomic E-state index is 0.952. The maximum absolute atomic E-state index is 5.02. The number of hydrogen-bond acceptors (Lipinski definition) is 3. The van der Waals surface area contributed by atoms with Crippen LogP contribution in [-0.2, 0) is 0 Å². The molecule has 0 radical (unpaired) electrons. The number of nitrogens with one attached hydrogen (secondary N) is 1. The van der Waals surface area contributed by atoms with E-state index in [9.17, 15) is 0 Å². The molecule has 0 atom stereocenters. The molecule has 0 aromatic carbocycles. The molecule has 1 heterocycles. The summed E-state index contributed by atoms with van der Waals surface area (Å²) in [5.41, 5.74) is 2.60. The molecule has 0 aliphatic carbocycles. The highest BCUT2D eigenvalue weighted by molar-refractivity contribution is 4.88. The molecule has 3 nitrogen and oxygen atoms in total. The highest BCUT2D eigenvalue weighted by Gasteiger charge is 1.79. The first-order valence-corrected chi connectivity index (χ1v) is 4.70. The topological polar surface area (TPSA) is 50.9 Å². The van der Waals surface area contributed by atoms with Gasteiger partial charge in [-0.25, -0.2) is 0 Å². The van der Waals surface area contributed by atoms with Crippen LogP contribution in [0.3, 0.4) is 0 Å². The first kappa shape index (κ1) is 12.1. The van der Waals surface area contributed by atoms with Crippen LogP contribution in [0.5, 0.6) is 0 Å². The van der Waals surface area contributed by atoms with Crippen LogP contribution in [0.1, 0.15) is 26.2 Å². The smallest absolute Gasteiger partial charge is 0.0267 e. The van der Waals surface area contributed by atoms with E-state index in [1.54, 1.807) is 12.4 Å². The van der Waals surface area contributed by atoms with Crippen molar-refractivity contribution in [3.05, 3.63) is 30.6 Å². The van der Waals surface area contributed by atoms with Crippen LogP contribution in [-0.4, -0.2) is 11.5 Å². The van der Waals surface area contributed by atoms with E-state index < -0.39 is 0 Å². The van der Waals surface area contributed by atoms with E-state index >= 15 is 0 Å². The first-order valence-electron chi connectivity index (χ1n) is 4.70. The summed E-state index contributed by atoms with van der Waals surface area (Å²) in [5, 5.41) is 0. The zero-order valence-corrected chi connectivity index (χ0v) is 8.24. The highest BCUT2D eigenvalue weighted by atomic mass is 15.2. The molecule has 0 spiro atoms. The summed E-state index contributed by atoms with van der Waals surface area (Å²) in [4.78, 5) is 3.78. The Morgan fingerprint density at radius 3 is 2.15 bits per heavy atom. The third-order valence-electron chi connectivity index (χ3n) is 1.49. The van der Waals surface area contributed by atoms with Crippen molar-refractivity contribution in [2.75, 3.05) is 6.54 Å². The monoisotopic (exact) mass is 181 g/mol. The van der Waals surface area contributed by atoms with Gasteiger partial charge in [-0.3, -0.25) is 16.3 Å². The summed E-state index contributed by atoms with van der Waals surface area (Å²) in [7, 11) is 0. The van der Waals surface area contributed by atoms with Crippen molar-refractivity contribution in [2.24, 2.45) is 5.84 Å². The maximum atomic E-state index is 5.02. The van der Waals surface area contributed by atoms with Crippen molar-refractivity contribution in [1.82, 2.24) is 10.4 Å². The van der Waals surface area contributed by atoms with Crippen LogP contribution in [0.15, 0.2) is 30.6 Å². The number of rotatable bonds is 4. The van der Waals surface area contributed by atoms with Crippen molar-refractivity contribution >= 4 is 0 Å². The normalized spacial score (nSPS) is 8.77. The highest BCUT2D eigenvalue weighted by Crippen LogP contribution is 1.89. The third kappa shape index (κ3) is 11.1. The summed E-state index contributed by atoms with van der Waals surface area (Å²) in [6, 6.07) is 5.72. The predicted molar refractivity (Wildman–Crippen MR) is 56.0 cm³/mol. The van der Waals surface area contributed by atoms with Gasteiger partial charge in [0.2, 0.25) is 0 Å². The second-order valence-electron chi connectivity index (χ2n) is 2.69. The van der Waals surface area contributed by atoms with Crippen molar-refractivity contribution in [2.45, 2.75) is 26.2 Å². The molecule has 13 heavy (non-hydrogen) atoms. The van der Waals surface area contributed by atoms with Gasteiger partial charge in [-0.2, -0.15) is 0 Å². The SMILES string of the molecule is CCCCCNN.c1ccncc1. The number of hydrogen-bond donors (Lipinski definition) is 2. The fraction of sp³-hybridized carbons (Fsp3) is 0.500. The summed E-state index contributed by atoms with van der Waals surface area (Å²) >= 11 is 0. The van der Waals surface area contributed by atoms with Crippen LogP contribution in [0.4, 0.5) is 0 Å². The molecule has 0 unspecified atom stereocenters. The molecule has 1 aromatic heterocycles. The van der Waals surface area contributed by atoms with Gasteiger partial charge in [0.15, 0.2) is 0 Å². The fourth-order valence-corrected chi connectivity index (χ4v) is 0.790. The van der Waals surface area contributed by atoms with Gasteiger partial charge in [-0.15, -0.1) is 0 Å². The average Bonchev–Trinajstić information content (AvgIpc) is 2.22. The van der Waals surface area contributed by atoms with Crippen LogP contribution in [0.2, 0.25) is 0 Å². The Morgan fingerprint density at radius 2 is 1.85 bits per heavy atom. The molecule has 0 saturated heterocycles. The van der Waals surface area contributed by atoms with Crippen LogP contribution >= 0.6 is 0 Å². The standard InChI is InChI=1S/C5H14N2.C5H5N/c1-2-3-4-5-7-6;1-2-4-6-5-3-1/h7H,2-6H2,1H3;1-5H. The lowest BCUT2D eigenvalue weighted by Crippen LogP contribution is -2.22. The number of hydrazine groups is 1. The Kier molecular flexibility index (Phi) is 10.3. The molecule has 1 aromatic rings. The molecular formula is C10H19N3. The number of nitrogens with zero attached hydrogens (tertiary/aromatic N) is 1. The molecule has 0 amide bonds. The molecule has 0 fully saturated rings. The van der Waals surface area contributed by atoms with Crippen LogP contribution in [0.25, 0.3) is 0 Å². The van der Waals surface area contributed by atoms with E-state index in [0.717, 1.165) is 6.54 Å². The Balaban J connectivity index is 0.000000223. The summed E-state index contributed by atoms with van der Waals surface area (Å²) in [5.74, 6) is 5.02. The van der Waals surface area contributed by atoms with Gasteiger partial charge >= 0.3 is 0 Å². The molecule has 3 heteroatoms. The van der Waals surface area contributed by atoms with Gasteiger partial charge in [-0.1, -0.05) is 25.8 Å². The minimum absolute atomic E-state index is 0.952. The molecular weight excluding hydrogens is 162 g/mol. The van der Waals surface area contributed by atoms with E-state index in [4.69, 9.17) is 5.84 Å². The molecule has 74 valence electrons.